The van der Waals surface area contributed by atoms with Crippen LogP contribution in [0, 0.1) is 43.5 Å². The molecule has 0 spiro atoms. The van der Waals surface area contributed by atoms with Gasteiger partial charge in [-0.05, 0) is 24.7 Å². The average molecular weight is 525 g/mol. The number of nitro groups is 2. The lowest BCUT2D eigenvalue weighted by atomic mass is 10.2. The third-order valence-corrected chi connectivity index (χ3v) is 2.87. The normalized spacial score (nSPS) is 10.4. The number of rotatable bonds is 2. The highest BCUT2D eigenvalue weighted by molar-refractivity contribution is 9.10. The molecule has 2 N–H and O–H groups in total. The molecule has 0 unspecified atom stereocenters. The van der Waals surface area contributed by atoms with Gasteiger partial charge in [-0.1, -0.05) is 6.82 Å². The molecule has 0 heterocycles. The maximum Gasteiger partial charge on any atom is 0.394 e. The van der Waals surface area contributed by atoms with Crippen LogP contribution in [0.1, 0.15) is 0 Å². The van der Waals surface area contributed by atoms with E-state index in [-0.39, 0.29) is 4.47 Å². The molecule has 2 aromatic rings. The van der Waals surface area contributed by atoms with Crippen molar-refractivity contribution in [2.75, 3.05) is 0 Å². The molecule has 0 aliphatic carbocycles. The fourth-order valence-electron chi connectivity index (χ4n) is 1.25. The topological polar surface area (TPSA) is 161 Å². The van der Waals surface area contributed by atoms with Crippen LogP contribution in [0.3, 0.4) is 0 Å². The first-order chi connectivity index (χ1) is 14.4. The van der Waals surface area contributed by atoms with Crippen molar-refractivity contribution in [2.24, 2.45) is 0 Å². The zero-order chi connectivity index (χ0) is 25.8. The third kappa shape index (κ3) is 12.8. The Morgan fingerprint density at radius 3 is 1.70 bits per heavy atom. The molecule has 0 amide bonds. The highest BCUT2D eigenvalue weighted by Crippen LogP contribution is 2.24. The molecule has 0 bridgehead atoms. The molecule has 166 valence electrons. The molecule has 10 nitrogen and oxygen atoms in total. The van der Waals surface area contributed by atoms with E-state index >= 15 is 0 Å². The molecule has 0 saturated carbocycles. The maximum atomic E-state index is 12.5. The van der Waals surface area contributed by atoms with Crippen molar-refractivity contribution >= 4 is 45.5 Å². The van der Waals surface area contributed by atoms with Gasteiger partial charge in [0.15, 0.2) is 23.3 Å². The highest BCUT2D eigenvalue weighted by Gasteiger charge is 2.14. The van der Waals surface area contributed by atoms with Crippen LogP contribution in [0.15, 0.2) is 34.8 Å². The lowest BCUT2D eigenvalue weighted by molar-refractivity contribution is -0.385. The van der Waals surface area contributed by atoms with E-state index in [1.54, 1.807) is 0 Å². The Morgan fingerprint density at radius 2 is 1.37 bits per heavy atom. The van der Waals surface area contributed by atoms with Crippen LogP contribution in [0.5, 0.6) is 0 Å². The van der Waals surface area contributed by atoms with Gasteiger partial charge in [-0.15, -0.1) is 0 Å². The second-order valence-electron chi connectivity index (χ2n) is 4.28. The van der Waals surface area contributed by atoms with E-state index in [0.717, 1.165) is 12.1 Å². The SMILES string of the molecule is O=S(=O)(O)O.O=[N+]([O-])c1cc(F)c(F)c(Br)c1.O=[N+]([O-])c1ccc(F)c(F)c1.[2H]B([2H])C. The van der Waals surface area contributed by atoms with Gasteiger partial charge < -0.3 is 0 Å². The van der Waals surface area contributed by atoms with Gasteiger partial charge in [-0.3, -0.25) is 29.3 Å². The summed E-state index contributed by atoms with van der Waals surface area (Å²) in [4.78, 5) is 18.5. The molecule has 0 aromatic heterocycles. The molecule has 17 heteroatoms. The molecule has 30 heavy (non-hydrogen) atoms. The van der Waals surface area contributed by atoms with E-state index in [0.29, 0.717) is 18.2 Å². The molecular formula is C13H12BBrF4N2O8S. The van der Waals surface area contributed by atoms with E-state index in [4.69, 9.17) is 20.2 Å². The molecule has 0 saturated heterocycles. The van der Waals surface area contributed by atoms with Crippen LogP contribution in [-0.4, -0.2) is 37.8 Å². The van der Waals surface area contributed by atoms with Gasteiger partial charge in [0.25, 0.3) is 11.4 Å². The average Bonchev–Trinajstić information content (AvgIpc) is 2.60. The minimum absolute atomic E-state index is 0.255. The van der Waals surface area contributed by atoms with Crippen molar-refractivity contribution < 1.29 is 44.9 Å². The number of nitrogens with zero attached hydrogens (tertiary/aromatic N) is 2. The van der Waals surface area contributed by atoms with Gasteiger partial charge >= 0.3 is 10.4 Å². The molecule has 0 aliphatic heterocycles. The van der Waals surface area contributed by atoms with Crippen LogP contribution in [0.25, 0.3) is 0 Å². The van der Waals surface area contributed by atoms with Crippen molar-refractivity contribution in [3.63, 3.8) is 0 Å². The summed E-state index contributed by atoms with van der Waals surface area (Å²) in [6, 6.07) is 3.58. The Labute approximate surface area is 178 Å². The van der Waals surface area contributed by atoms with E-state index in [1.807, 2.05) is 0 Å². The number of hydrogen-bond donors (Lipinski definition) is 2. The molecule has 0 aliphatic rings. The summed E-state index contributed by atoms with van der Waals surface area (Å²) >= 11 is 2.65. The van der Waals surface area contributed by atoms with E-state index in [1.165, 1.54) is 6.82 Å². The minimum Gasteiger partial charge on any atom is -0.264 e. The zero-order valence-electron chi connectivity index (χ0n) is 16.5. The fraction of sp³-hybridized carbons (Fsp3) is 0.0769. The van der Waals surface area contributed by atoms with E-state index < -0.39 is 62.7 Å². The van der Waals surface area contributed by atoms with Crippen molar-refractivity contribution in [1.29, 1.82) is 2.67 Å². The summed E-state index contributed by atoms with van der Waals surface area (Å²) in [6.45, 7) is 1.50. The Morgan fingerprint density at radius 1 is 0.967 bits per heavy atom. The van der Waals surface area contributed by atoms with Gasteiger partial charge in [0, 0.05) is 12.1 Å². The van der Waals surface area contributed by atoms with E-state index in [2.05, 4.69) is 15.9 Å². The molecular weight excluding hydrogens is 511 g/mol. The number of nitro benzene ring substituents is 2. The van der Waals surface area contributed by atoms with Crippen molar-refractivity contribution in [1.82, 2.24) is 0 Å². The summed E-state index contributed by atoms with van der Waals surface area (Å²) in [5.41, 5.74) is -0.940. The van der Waals surface area contributed by atoms with Crippen LogP contribution < -0.4 is 0 Å². The fourth-order valence-corrected chi connectivity index (χ4v) is 1.67. The van der Waals surface area contributed by atoms with E-state index in [9.17, 15) is 37.8 Å². The van der Waals surface area contributed by atoms with Crippen LogP contribution in [0.4, 0.5) is 28.9 Å². The summed E-state index contributed by atoms with van der Waals surface area (Å²) in [6.07, 6.45) is 0. The second-order valence-corrected chi connectivity index (χ2v) is 6.03. The summed E-state index contributed by atoms with van der Waals surface area (Å²) < 4.78 is 93.3. The standard InChI is InChI=1S/C6H2BrF2NO2.C6H3F2NO2.CH5B.H2O4S/c7-4-1-3(10(11)12)2-5(8)6(4)9;7-5-2-1-4(9(10)11)3-6(5)8;1-2;1-5(2,3)4/h1-2H;1-3H;2H2,1H3;(H2,1,2,3,4)/i;;2D2;. The zero-order valence-corrected chi connectivity index (χ0v) is 16.9. The quantitative estimate of drug-likeness (QED) is 0.150. The van der Waals surface area contributed by atoms with Crippen LogP contribution in [0.2, 0.25) is 6.82 Å². The Kier molecular flexibility index (Phi) is 11.5. The molecule has 2 rings (SSSR count). The Balaban J connectivity index is 0. The molecule has 0 atom stereocenters. The number of hydrogen-bond acceptors (Lipinski definition) is 6. The monoisotopic (exact) mass is 524 g/mol. The van der Waals surface area contributed by atoms with Gasteiger partial charge in [0.2, 0.25) is 0 Å². The summed E-state index contributed by atoms with van der Waals surface area (Å²) in [7, 11) is -5.33. The van der Waals surface area contributed by atoms with Gasteiger partial charge in [0.1, 0.15) is 0 Å². The van der Waals surface area contributed by atoms with Crippen molar-refractivity contribution in [2.45, 2.75) is 6.82 Å². The number of non-ortho nitro benzene ring substituents is 2. The lowest BCUT2D eigenvalue weighted by Gasteiger charge is -1.95. The largest absolute Gasteiger partial charge is 0.394 e. The predicted molar refractivity (Wildman–Crippen MR) is 102 cm³/mol. The molecule has 2 aromatic carbocycles. The van der Waals surface area contributed by atoms with Gasteiger partial charge in [-0.2, -0.15) is 8.42 Å². The molecule has 0 radical (unpaired) electrons. The van der Waals surface area contributed by atoms with Gasteiger partial charge in [0.05, 0.1) is 34.2 Å². The van der Waals surface area contributed by atoms with Gasteiger partial charge in [-0.25, -0.2) is 17.6 Å². The predicted octanol–water partition coefficient (Wildman–Crippen LogP) is 3.52. The highest BCUT2D eigenvalue weighted by atomic mass is 79.9. The van der Waals surface area contributed by atoms with Crippen LogP contribution in [-0.2, 0) is 10.4 Å². The maximum absolute atomic E-state index is 12.5. The molecule has 0 fully saturated rings. The lowest BCUT2D eigenvalue weighted by Crippen LogP contribution is -1.92. The first-order valence-corrected chi connectivity index (χ1v) is 8.98. The first kappa shape index (κ1) is 25.4. The third-order valence-electron chi connectivity index (χ3n) is 2.29. The minimum atomic E-state index is -4.67. The smallest absolute Gasteiger partial charge is 0.264 e. The van der Waals surface area contributed by atoms with Crippen LogP contribution >= 0.6 is 15.9 Å². The van der Waals surface area contributed by atoms with Crippen molar-refractivity contribution in [3.05, 3.63) is 78.3 Å². The first-order valence-electron chi connectivity index (χ1n) is 7.95. The Hall–Kier alpha value is -2.63. The Bertz CT molecular complexity index is 1020. The summed E-state index contributed by atoms with van der Waals surface area (Å²) in [5.74, 6) is -4.66. The number of halogens is 5. The second kappa shape index (κ2) is 13.6. The van der Waals surface area contributed by atoms with Crippen molar-refractivity contribution in [3.8, 4) is 0 Å². The summed E-state index contributed by atoms with van der Waals surface area (Å²) in [5, 5.41) is 20.1. The number of benzene rings is 2.